The number of hydrogen-bond donors (Lipinski definition) is 1. The molecule has 0 fully saturated rings. The van der Waals surface area contributed by atoms with Crippen molar-refractivity contribution in [3.8, 4) is 0 Å². The molecule has 0 saturated carbocycles. The number of Topliss-reactive ketones (excluding diaryl/α,β-unsaturated/α-hetero) is 1. The Morgan fingerprint density at radius 2 is 0.718 bits per heavy atom. The van der Waals surface area contributed by atoms with Crippen LogP contribution in [0.25, 0.3) is 0 Å². The normalized spacial score (nSPS) is 13.0. The van der Waals surface area contributed by atoms with Crippen LogP contribution in [0.15, 0.2) is 0 Å². The second-order valence-corrected chi connectivity index (χ2v) is 12.6. The molecule has 0 rings (SSSR count). The van der Waals surface area contributed by atoms with Crippen molar-refractivity contribution in [3.05, 3.63) is 0 Å². The molecule has 2 N–H and O–H groups in total. The summed E-state index contributed by atoms with van der Waals surface area (Å²) in [5.74, 6) is -0.283. The van der Waals surface area contributed by atoms with Crippen molar-refractivity contribution >= 4 is 11.7 Å². The average molecular weight is 550 g/mol. The standard InChI is InChI=1S/C36H71NO2/c1-4-7-9-11-13-15-17-19-20-21-22-24-26-28-30-32-34(38)36(6-3,35(37)39)33-31-29-27-25-23-18-16-14-12-10-8-5-2/h4-33H2,1-3H3,(H2,37,39). The van der Waals surface area contributed by atoms with Gasteiger partial charge in [-0.05, 0) is 19.3 Å². The first-order chi connectivity index (χ1) is 19.0. The van der Waals surface area contributed by atoms with Gasteiger partial charge < -0.3 is 5.73 Å². The minimum Gasteiger partial charge on any atom is -0.369 e. The van der Waals surface area contributed by atoms with Gasteiger partial charge in [0.1, 0.15) is 11.2 Å². The van der Waals surface area contributed by atoms with Crippen LogP contribution in [-0.4, -0.2) is 11.7 Å². The Morgan fingerprint density at radius 1 is 0.436 bits per heavy atom. The minimum atomic E-state index is -0.922. The van der Waals surface area contributed by atoms with E-state index in [1.807, 2.05) is 6.92 Å². The van der Waals surface area contributed by atoms with E-state index in [1.54, 1.807) is 0 Å². The zero-order valence-electron chi connectivity index (χ0n) is 27.1. The van der Waals surface area contributed by atoms with Gasteiger partial charge in [-0.15, -0.1) is 0 Å². The Balaban J connectivity index is 3.84. The van der Waals surface area contributed by atoms with Gasteiger partial charge in [-0.25, -0.2) is 0 Å². The number of ketones is 1. The largest absolute Gasteiger partial charge is 0.369 e. The van der Waals surface area contributed by atoms with Gasteiger partial charge in [0.05, 0.1) is 0 Å². The smallest absolute Gasteiger partial charge is 0.231 e. The number of nitrogens with two attached hydrogens (primary N) is 1. The number of amides is 1. The van der Waals surface area contributed by atoms with Gasteiger partial charge in [-0.1, -0.05) is 188 Å². The lowest BCUT2D eigenvalue weighted by Gasteiger charge is -2.28. The van der Waals surface area contributed by atoms with Crippen LogP contribution in [0.2, 0.25) is 0 Å². The third kappa shape index (κ3) is 21.5. The van der Waals surface area contributed by atoms with E-state index in [0.29, 0.717) is 19.3 Å². The maximum Gasteiger partial charge on any atom is 0.231 e. The van der Waals surface area contributed by atoms with E-state index < -0.39 is 5.41 Å². The Morgan fingerprint density at radius 3 is 1.00 bits per heavy atom. The first-order valence-electron chi connectivity index (χ1n) is 17.9. The fraction of sp³-hybridized carbons (Fsp3) is 0.944. The summed E-state index contributed by atoms with van der Waals surface area (Å²) in [5, 5.41) is 0. The molecule has 39 heavy (non-hydrogen) atoms. The SMILES string of the molecule is CCCCCCCCCCCCCCCCCC(=O)C(CC)(CCCCCCCCCCCCCC)C(N)=O. The lowest BCUT2D eigenvalue weighted by molar-refractivity contribution is -0.141. The van der Waals surface area contributed by atoms with Crippen LogP contribution in [-0.2, 0) is 9.59 Å². The molecule has 0 aromatic rings. The summed E-state index contributed by atoms with van der Waals surface area (Å²) >= 11 is 0. The third-order valence-corrected chi connectivity index (χ3v) is 9.07. The van der Waals surface area contributed by atoms with Crippen molar-refractivity contribution < 1.29 is 9.59 Å². The second kappa shape index (κ2) is 28.7. The van der Waals surface area contributed by atoms with Crippen molar-refractivity contribution in [2.75, 3.05) is 0 Å². The monoisotopic (exact) mass is 550 g/mol. The van der Waals surface area contributed by atoms with E-state index in [2.05, 4.69) is 13.8 Å². The van der Waals surface area contributed by atoms with Crippen molar-refractivity contribution in [1.29, 1.82) is 0 Å². The molecule has 3 heteroatoms. The molecule has 0 bridgehead atoms. The predicted molar refractivity (Wildman–Crippen MR) is 172 cm³/mol. The molecule has 0 saturated heterocycles. The van der Waals surface area contributed by atoms with Gasteiger partial charge in [0.25, 0.3) is 0 Å². The summed E-state index contributed by atoms with van der Waals surface area (Å²) in [7, 11) is 0. The first-order valence-corrected chi connectivity index (χ1v) is 17.9. The zero-order chi connectivity index (χ0) is 28.9. The summed E-state index contributed by atoms with van der Waals surface area (Å²) in [6.07, 6.45) is 37.0. The molecule has 1 atom stereocenters. The highest BCUT2D eigenvalue weighted by molar-refractivity contribution is 6.05. The van der Waals surface area contributed by atoms with Crippen molar-refractivity contribution in [2.45, 2.75) is 213 Å². The zero-order valence-corrected chi connectivity index (χ0v) is 27.1. The molecule has 232 valence electrons. The highest BCUT2D eigenvalue weighted by Crippen LogP contribution is 2.32. The van der Waals surface area contributed by atoms with Crippen molar-refractivity contribution in [1.82, 2.24) is 0 Å². The summed E-state index contributed by atoms with van der Waals surface area (Å²) in [6, 6.07) is 0. The lowest BCUT2D eigenvalue weighted by atomic mass is 9.74. The van der Waals surface area contributed by atoms with E-state index in [1.165, 1.54) is 148 Å². The number of carbonyl (C=O) groups is 2. The second-order valence-electron chi connectivity index (χ2n) is 12.6. The number of rotatable bonds is 32. The molecular weight excluding hydrogens is 478 g/mol. The van der Waals surface area contributed by atoms with Crippen LogP contribution in [0.4, 0.5) is 0 Å². The van der Waals surface area contributed by atoms with Gasteiger partial charge >= 0.3 is 0 Å². The number of primary amides is 1. The van der Waals surface area contributed by atoms with Crippen molar-refractivity contribution in [2.24, 2.45) is 11.1 Å². The average Bonchev–Trinajstić information content (AvgIpc) is 2.93. The number of hydrogen-bond acceptors (Lipinski definition) is 2. The van der Waals surface area contributed by atoms with Crippen molar-refractivity contribution in [3.63, 3.8) is 0 Å². The molecule has 1 unspecified atom stereocenters. The third-order valence-electron chi connectivity index (χ3n) is 9.07. The Labute approximate surface area is 245 Å². The summed E-state index contributed by atoms with van der Waals surface area (Å²) in [4.78, 5) is 25.5. The Bertz CT molecular complexity index is 546. The van der Waals surface area contributed by atoms with E-state index >= 15 is 0 Å². The van der Waals surface area contributed by atoms with Gasteiger partial charge in [0.2, 0.25) is 5.91 Å². The summed E-state index contributed by atoms with van der Waals surface area (Å²) < 4.78 is 0. The van der Waals surface area contributed by atoms with Crippen LogP contribution in [0, 0.1) is 5.41 Å². The molecule has 0 heterocycles. The molecule has 0 aliphatic rings. The van der Waals surface area contributed by atoms with Crippen LogP contribution in [0.5, 0.6) is 0 Å². The van der Waals surface area contributed by atoms with E-state index in [4.69, 9.17) is 5.73 Å². The molecule has 3 nitrogen and oxygen atoms in total. The van der Waals surface area contributed by atoms with Crippen LogP contribution in [0.1, 0.15) is 213 Å². The van der Waals surface area contributed by atoms with Crippen LogP contribution < -0.4 is 5.73 Å². The molecule has 0 aromatic carbocycles. The van der Waals surface area contributed by atoms with Crippen LogP contribution >= 0.6 is 0 Å². The van der Waals surface area contributed by atoms with Gasteiger partial charge in [0, 0.05) is 6.42 Å². The molecule has 1 amide bonds. The van der Waals surface area contributed by atoms with E-state index in [9.17, 15) is 9.59 Å². The van der Waals surface area contributed by atoms with Gasteiger partial charge in [0.15, 0.2) is 0 Å². The first kappa shape index (κ1) is 38.1. The van der Waals surface area contributed by atoms with E-state index in [0.717, 1.165) is 25.7 Å². The lowest BCUT2D eigenvalue weighted by Crippen LogP contribution is -2.43. The fourth-order valence-corrected chi connectivity index (χ4v) is 6.11. The van der Waals surface area contributed by atoms with E-state index in [-0.39, 0.29) is 11.7 Å². The minimum absolute atomic E-state index is 0.107. The topological polar surface area (TPSA) is 60.2 Å². The summed E-state index contributed by atoms with van der Waals surface area (Å²) in [5.41, 5.74) is 4.90. The van der Waals surface area contributed by atoms with Gasteiger partial charge in [-0.3, -0.25) is 9.59 Å². The molecular formula is C36H71NO2. The molecule has 0 aliphatic carbocycles. The quantitative estimate of drug-likeness (QED) is 0.0670. The molecule has 0 radical (unpaired) electrons. The Hall–Kier alpha value is -0.860. The maximum absolute atomic E-state index is 13.1. The van der Waals surface area contributed by atoms with Crippen LogP contribution in [0.3, 0.4) is 0 Å². The van der Waals surface area contributed by atoms with Gasteiger partial charge in [-0.2, -0.15) is 0 Å². The predicted octanol–water partition coefficient (Wildman–Crippen LogP) is 11.8. The highest BCUT2D eigenvalue weighted by atomic mass is 16.2. The molecule has 0 aromatic heterocycles. The summed E-state index contributed by atoms with van der Waals surface area (Å²) in [6.45, 7) is 6.52. The fourth-order valence-electron chi connectivity index (χ4n) is 6.11. The molecule has 0 spiro atoms. The molecule has 0 aliphatic heterocycles. The number of carbonyl (C=O) groups excluding carboxylic acids is 2. The highest BCUT2D eigenvalue weighted by Gasteiger charge is 2.40. The maximum atomic E-state index is 13.1. The Kier molecular flexibility index (Phi) is 28.0. The number of unbranched alkanes of at least 4 members (excludes halogenated alkanes) is 25.